The SMILES string of the molecule is CC(C)NC(=O)[C@H]1C[C@H]2NCCO[C@@H]2C1. The molecule has 4 heteroatoms. The summed E-state index contributed by atoms with van der Waals surface area (Å²) in [6.07, 6.45) is 2.04. The molecule has 1 aliphatic carbocycles. The summed E-state index contributed by atoms with van der Waals surface area (Å²) in [6.45, 7) is 5.68. The van der Waals surface area contributed by atoms with Crippen LogP contribution in [0.2, 0.25) is 0 Å². The molecule has 0 bridgehead atoms. The average molecular weight is 212 g/mol. The van der Waals surface area contributed by atoms with E-state index in [1.54, 1.807) is 0 Å². The molecule has 2 fully saturated rings. The zero-order valence-electron chi connectivity index (χ0n) is 9.45. The molecule has 1 saturated carbocycles. The van der Waals surface area contributed by atoms with Crippen LogP contribution in [-0.4, -0.2) is 37.2 Å². The van der Waals surface area contributed by atoms with Gasteiger partial charge in [-0.3, -0.25) is 4.79 Å². The maximum atomic E-state index is 11.8. The van der Waals surface area contributed by atoms with Gasteiger partial charge in [0.2, 0.25) is 5.91 Å². The van der Waals surface area contributed by atoms with E-state index in [1.165, 1.54) is 0 Å². The molecule has 1 amide bonds. The lowest BCUT2D eigenvalue weighted by atomic mass is 10.1. The van der Waals surface area contributed by atoms with Crippen LogP contribution >= 0.6 is 0 Å². The third-order valence-corrected chi connectivity index (χ3v) is 3.15. The molecule has 0 radical (unpaired) electrons. The van der Waals surface area contributed by atoms with Gasteiger partial charge in [0.15, 0.2) is 0 Å². The maximum absolute atomic E-state index is 11.8. The second kappa shape index (κ2) is 4.49. The monoisotopic (exact) mass is 212 g/mol. The molecule has 2 rings (SSSR count). The summed E-state index contributed by atoms with van der Waals surface area (Å²) in [4.78, 5) is 11.8. The molecule has 0 aromatic rings. The Bertz CT molecular complexity index is 229. The van der Waals surface area contributed by atoms with Gasteiger partial charge in [-0.2, -0.15) is 0 Å². The highest BCUT2D eigenvalue weighted by Crippen LogP contribution is 2.30. The number of amides is 1. The van der Waals surface area contributed by atoms with E-state index >= 15 is 0 Å². The Morgan fingerprint density at radius 2 is 2.27 bits per heavy atom. The molecule has 0 aromatic carbocycles. The van der Waals surface area contributed by atoms with E-state index < -0.39 is 0 Å². The normalized spacial score (nSPS) is 35.3. The van der Waals surface area contributed by atoms with Gasteiger partial charge < -0.3 is 15.4 Å². The smallest absolute Gasteiger partial charge is 0.223 e. The van der Waals surface area contributed by atoms with Gasteiger partial charge in [-0.05, 0) is 26.7 Å². The van der Waals surface area contributed by atoms with Crippen molar-refractivity contribution in [2.24, 2.45) is 5.92 Å². The summed E-state index contributed by atoms with van der Waals surface area (Å²) in [5.41, 5.74) is 0. The van der Waals surface area contributed by atoms with Crippen molar-refractivity contribution >= 4 is 5.91 Å². The Morgan fingerprint density at radius 1 is 1.47 bits per heavy atom. The predicted molar refractivity (Wildman–Crippen MR) is 57.5 cm³/mol. The van der Waals surface area contributed by atoms with E-state index in [1.807, 2.05) is 13.8 Å². The van der Waals surface area contributed by atoms with Crippen molar-refractivity contribution in [1.29, 1.82) is 0 Å². The summed E-state index contributed by atoms with van der Waals surface area (Å²) in [5.74, 6) is 0.317. The number of fused-ring (bicyclic) bond motifs is 1. The summed E-state index contributed by atoms with van der Waals surface area (Å²) in [7, 11) is 0. The standard InChI is InChI=1S/C11H20N2O2/c1-7(2)13-11(14)8-5-9-10(6-8)15-4-3-12-9/h7-10,12H,3-6H2,1-2H3,(H,13,14)/t8-,9+,10+/m0/s1. The van der Waals surface area contributed by atoms with Crippen molar-refractivity contribution in [2.45, 2.75) is 44.9 Å². The first-order chi connectivity index (χ1) is 7.16. The number of nitrogens with one attached hydrogen (secondary N) is 2. The van der Waals surface area contributed by atoms with Gasteiger partial charge in [0.25, 0.3) is 0 Å². The van der Waals surface area contributed by atoms with Gasteiger partial charge in [-0.1, -0.05) is 0 Å². The van der Waals surface area contributed by atoms with Crippen LogP contribution in [0.25, 0.3) is 0 Å². The highest BCUT2D eigenvalue weighted by molar-refractivity contribution is 5.79. The first-order valence-electron chi connectivity index (χ1n) is 5.82. The van der Waals surface area contributed by atoms with E-state index in [0.29, 0.717) is 6.04 Å². The highest BCUT2D eigenvalue weighted by Gasteiger charge is 2.39. The van der Waals surface area contributed by atoms with Crippen molar-refractivity contribution in [2.75, 3.05) is 13.2 Å². The third-order valence-electron chi connectivity index (χ3n) is 3.15. The summed E-state index contributed by atoms with van der Waals surface area (Å²) in [6, 6.07) is 0.621. The third kappa shape index (κ3) is 2.49. The van der Waals surface area contributed by atoms with Gasteiger partial charge in [0.05, 0.1) is 12.7 Å². The Kier molecular flexibility index (Phi) is 3.26. The highest BCUT2D eigenvalue weighted by atomic mass is 16.5. The van der Waals surface area contributed by atoms with Crippen LogP contribution in [0.1, 0.15) is 26.7 Å². The number of hydrogen-bond acceptors (Lipinski definition) is 3. The molecule has 0 unspecified atom stereocenters. The molecule has 1 heterocycles. The molecule has 2 N–H and O–H groups in total. The van der Waals surface area contributed by atoms with Crippen LogP contribution in [0.4, 0.5) is 0 Å². The van der Waals surface area contributed by atoms with Crippen LogP contribution in [0, 0.1) is 5.92 Å². The quantitative estimate of drug-likeness (QED) is 0.691. The Balaban J connectivity index is 1.88. The van der Waals surface area contributed by atoms with E-state index in [2.05, 4.69) is 10.6 Å². The van der Waals surface area contributed by atoms with Crippen LogP contribution in [0.5, 0.6) is 0 Å². The van der Waals surface area contributed by atoms with Crippen LogP contribution < -0.4 is 10.6 Å². The second-order valence-electron chi connectivity index (χ2n) is 4.80. The fraction of sp³-hybridized carbons (Fsp3) is 0.909. The molecule has 3 atom stereocenters. The van der Waals surface area contributed by atoms with E-state index in [-0.39, 0.29) is 24.0 Å². The number of morpholine rings is 1. The van der Waals surface area contributed by atoms with Crippen molar-refractivity contribution in [3.63, 3.8) is 0 Å². The van der Waals surface area contributed by atoms with Gasteiger partial charge in [0.1, 0.15) is 0 Å². The summed E-state index contributed by atoms with van der Waals surface area (Å²) < 4.78 is 5.64. The van der Waals surface area contributed by atoms with Crippen LogP contribution in [-0.2, 0) is 9.53 Å². The predicted octanol–water partition coefficient (Wildman–Crippen LogP) is 0.278. The molecular formula is C11H20N2O2. The average Bonchev–Trinajstić information content (AvgIpc) is 2.59. The fourth-order valence-electron chi connectivity index (χ4n) is 2.47. The van der Waals surface area contributed by atoms with Gasteiger partial charge in [-0.25, -0.2) is 0 Å². The topological polar surface area (TPSA) is 50.4 Å². The molecule has 4 nitrogen and oxygen atoms in total. The fourth-order valence-corrected chi connectivity index (χ4v) is 2.47. The zero-order chi connectivity index (χ0) is 10.8. The molecule has 1 saturated heterocycles. The molecule has 0 spiro atoms. The van der Waals surface area contributed by atoms with E-state index in [0.717, 1.165) is 26.0 Å². The van der Waals surface area contributed by atoms with Crippen LogP contribution in [0.15, 0.2) is 0 Å². The molecule has 86 valence electrons. The van der Waals surface area contributed by atoms with Crippen molar-refractivity contribution < 1.29 is 9.53 Å². The largest absolute Gasteiger partial charge is 0.375 e. The Hall–Kier alpha value is -0.610. The van der Waals surface area contributed by atoms with Gasteiger partial charge >= 0.3 is 0 Å². The summed E-state index contributed by atoms with van der Waals surface area (Å²) >= 11 is 0. The molecule has 1 aliphatic heterocycles. The first kappa shape index (κ1) is 10.9. The molecule has 2 aliphatic rings. The lowest BCUT2D eigenvalue weighted by Gasteiger charge is -2.26. The van der Waals surface area contributed by atoms with E-state index in [9.17, 15) is 4.79 Å². The molecule has 15 heavy (non-hydrogen) atoms. The van der Waals surface area contributed by atoms with Gasteiger partial charge in [0, 0.05) is 24.5 Å². The minimum absolute atomic E-state index is 0.132. The molecule has 0 aromatic heterocycles. The molecular weight excluding hydrogens is 192 g/mol. The first-order valence-corrected chi connectivity index (χ1v) is 5.82. The zero-order valence-corrected chi connectivity index (χ0v) is 9.45. The van der Waals surface area contributed by atoms with Crippen molar-refractivity contribution in [3.8, 4) is 0 Å². The lowest BCUT2D eigenvalue weighted by Crippen LogP contribution is -2.44. The van der Waals surface area contributed by atoms with Crippen molar-refractivity contribution in [3.05, 3.63) is 0 Å². The lowest BCUT2D eigenvalue weighted by molar-refractivity contribution is -0.125. The Morgan fingerprint density at radius 3 is 2.93 bits per heavy atom. The number of rotatable bonds is 2. The second-order valence-corrected chi connectivity index (χ2v) is 4.80. The summed E-state index contributed by atoms with van der Waals surface area (Å²) in [5, 5.41) is 6.39. The number of carbonyl (C=O) groups excluding carboxylic acids is 1. The minimum Gasteiger partial charge on any atom is -0.375 e. The number of ether oxygens (including phenoxy) is 1. The number of carbonyl (C=O) groups is 1. The minimum atomic E-state index is 0.132. The maximum Gasteiger partial charge on any atom is 0.223 e. The van der Waals surface area contributed by atoms with Gasteiger partial charge in [-0.15, -0.1) is 0 Å². The number of hydrogen-bond donors (Lipinski definition) is 2. The van der Waals surface area contributed by atoms with Crippen molar-refractivity contribution in [1.82, 2.24) is 10.6 Å². The van der Waals surface area contributed by atoms with E-state index in [4.69, 9.17) is 4.74 Å². The van der Waals surface area contributed by atoms with Crippen LogP contribution in [0.3, 0.4) is 0 Å². The Labute approximate surface area is 90.8 Å².